The molecule has 7 nitrogen and oxygen atoms in total. The van der Waals surface area contributed by atoms with Crippen molar-refractivity contribution in [1.29, 1.82) is 5.26 Å². The molecule has 25 heavy (non-hydrogen) atoms. The summed E-state index contributed by atoms with van der Waals surface area (Å²) in [6.07, 6.45) is 2.86. The first-order chi connectivity index (χ1) is 12.1. The van der Waals surface area contributed by atoms with Crippen LogP contribution in [0.3, 0.4) is 0 Å². The third-order valence-electron chi connectivity index (χ3n) is 3.12. The maximum absolute atomic E-state index is 12.1. The first-order valence-electron chi connectivity index (χ1n) is 7.58. The van der Waals surface area contributed by atoms with Crippen molar-refractivity contribution in [2.45, 2.75) is 13.5 Å². The molecule has 0 atom stereocenters. The highest BCUT2D eigenvalue weighted by Gasteiger charge is 2.10. The summed E-state index contributed by atoms with van der Waals surface area (Å²) in [7, 11) is 0. The zero-order valence-electron chi connectivity index (χ0n) is 13.6. The summed E-state index contributed by atoms with van der Waals surface area (Å²) in [6, 6.07) is 11.6. The standard InChI is InChI=1S/C18H17N3O4/c1-2-24-18(23)13-5-7-15(8-6-13)21-17(22)14(10-19)11-20-12-16-4-3-9-25-16/h3-9,11,20H,2,12H2,1H3,(H,21,22)/b14-11-. The number of furan rings is 1. The zero-order chi connectivity index (χ0) is 18.1. The van der Waals surface area contributed by atoms with Crippen molar-refractivity contribution in [3.63, 3.8) is 0 Å². The second kappa shape index (κ2) is 8.93. The van der Waals surface area contributed by atoms with E-state index in [1.165, 1.54) is 6.20 Å². The fourth-order valence-corrected chi connectivity index (χ4v) is 1.92. The number of amides is 1. The molecule has 0 radical (unpaired) electrons. The lowest BCUT2D eigenvalue weighted by atomic mass is 10.2. The summed E-state index contributed by atoms with van der Waals surface area (Å²) in [5.41, 5.74) is 0.766. The van der Waals surface area contributed by atoms with Gasteiger partial charge in [-0.2, -0.15) is 5.26 Å². The van der Waals surface area contributed by atoms with Crippen molar-refractivity contribution < 1.29 is 18.7 Å². The molecule has 2 N–H and O–H groups in total. The molecular weight excluding hydrogens is 322 g/mol. The highest BCUT2D eigenvalue weighted by atomic mass is 16.5. The van der Waals surface area contributed by atoms with Crippen molar-refractivity contribution in [1.82, 2.24) is 5.32 Å². The first-order valence-corrected chi connectivity index (χ1v) is 7.58. The summed E-state index contributed by atoms with van der Waals surface area (Å²) < 4.78 is 10.0. The topological polar surface area (TPSA) is 104 Å². The molecule has 0 aliphatic carbocycles. The maximum atomic E-state index is 12.1. The minimum atomic E-state index is -0.557. The smallest absolute Gasteiger partial charge is 0.338 e. The Morgan fingerprint density at radius 1 is 1.28 bits per heavy atom. The molecule has 0 aliphatic rings. The van der Waals surface area contributed by atoms with Gasteiger partial charge < -0.3 is 19.8 Å². The summed E-state index contributed by atoms with van der Waals surface area (Å²) in [4.78, 5) is 23.7. The van der Waals surface area contributed by atoms with Gasteiger partial charge in [-0.15, -0.1) is 0 Å². The Bertz CT molecular complexity index is 787. The SMILES string of the molecule is CCOC(=O)c1ccc(NC(=O)/C(C#N)=C\NCc2ccco2)cc1. The Hall–Kier alpha value is -3.53. The number of rotatable bonds is 7. The van der Waals surface area contributed by atoms with Crippen molar-refractivity contribution in [2.24, 2.45) is 0 Å². The summed E-state index contributed by atoms with van der Waals surface area (Å²) in [5, 5.41) is 14.5. The molecule has 2 aromatic rings. The minimum Gasteiger partial charge on any atom is -0.467 e. The fraction of sp³-hybridized carbons (Fsp3) is 0.167. The third-order valence-corrected chi connectivity index (χ3v) is 3.12. The van der Waals surface area contributed by atoms with Crippen LogP contribution in [0.25, 0.3) is 0 Å². The molecule has 1 amide bonds. The zero-order valence-corrected chi connectivity index (χ0v) is 13.6. The summed E-state index contributed by atoms with van der Waals surface area (Å²) in [5.74, 6) is -0.304. The Kier molecular flexibility index (Phi) is 6.37. The number of nitrogens with one attached hydrogen (secondary N) is 2. The molecule has 1 heterocycles. The van der Waals surface area contributed by atoms with Crippen LogP contribution in [-0.4, -0.2) is 18.5 Å². The van der Waals surface area contributed by atoms with Crippen molar-refractivity contribution in [3.8, 4) is 6.07 Å². The first kappa shape index (κ1) is 17.8. The molecule has 0 spiro atoms. The molecule has 0 saturated heterocycles. The van der Waals surface area contributed by atoms with E-state index < -0.39 is 11.9 Å². The number of anilines is 1. The lowest BCUT2D eigenvalue weighted by Gasteiger charge is -2.06. The van der Waals surface area contributed by atoms with Crippen LogP contribution in [0.5, 0.6) is 0 Å². The Balaban J connectivity index is 1.94. The third kappa shape index (κ3) is 5.25. The van der Waals surface area contributed by atoms with Gasteiger partial charge in [-0.25, -0.2) is 4.79 Å². The van der Waals surface area contributed by atoms with Gasteiger partial charge in [0.05, 0.1) is 25.0 Å². The van der Waals surface area contributed by atoms with Gasteiger partial charge in [-0.1, -0.05) is 0 Å². The second-order valence-electron chi connectivity index (χ2n) is 4.88. The van der Waals surface area contributed by atoms with Crippen molar-refractivity contribution >= 4 is 17.6 Å². The van der Waals surface area contributed by atoms with Crippen LogP contribution in [0.4, 0.5) is 5.69 Å². The summed E-state index contributed by atoms with van der Waals surface area (Å²) in [6.45, 7) is 2.38. The van der Waals surface area contributed by atoms with Gasteiger partial charge >= 0.3 is 5.97 Å². The van der Waals surface area contributed by atoms with E-state index in [1.807, 2.05) is 6.07 Å². The van der Waals surface area contributed by atoms with Crippen LogP contribution in [0.15, 0.2) is 58.9 Å². The van der Waals surface area contributed by atoms with E-state index in [9.17, 15) is 9.59 Å². The highest BCUT2D eigenvalue weighted by molar-refractivity contribution is 6.06. The lowest BCUT2D eigenvalue weighted by Crippen LogP contribution is -2.16. The van der Waals surface area contributed by atoms with Crippen molar-refractivity contribution in [2.75, 3.05) is 11.9 Å². The van der Waals surface area contributed by atoms with Crippen LogP contribution < -0.4 is 10.6 Å². The Labute approximate surface area is 144 Å². The molecule has 0 saturated carbocycles. The van der Waals surface area contributed by atoms with E-state index in [4.69, 9.17) is 14.4 Å². The monoisotopic (exact) mass is 339 g/mol. The predicted octanol–water partition coefficient (Wildman–Crippen LogP) is 2.59. The molecule has 0 unspecified atom stereocenters. The predicted molar refractivity (Wildman–Crippen MR) is 90.3 cm³/mol. The van der Waals surface area contributed by atoms with E-state index in [0.29, 0.717) is 30.2 Å². The molecule has 0 bridgehead atoms. The number of nitriles is 1. The normalized spacial score (nSPS) is 10.6. The van der Waals surface area contributed by atoms with Crippen molar-refractivity contribution in [3.05, 3.63) is 65.8 Å². The maximum Gasteiger partial charge on any atom is 0.338 e. The highest BCUT2D eigenvalue weighted by Crippen LogP contribution is 2.12. The Morgan fingerprint density at radius 2 is 2.04 bits per heavy atom. The van der Waals surface area contributed by atoms with E-state index in [0.717, 1.165) is 0 Å². The molecule has 1 aromatic carbocycles. The van der Waals surface area contributed by atoms with E-state index >= 15 is 0 Å². The van der Waals surface area contributed by atoms with Crippen LogP contribution in [0.2, 0.25) is 0 Å². The summed E-state index contributed by atoms with van der Waals surface area (Å²) >= 11 is 0. The van der Waals surface area contributed by atoms with Gasteiger partial charge in [0.2, 0.25) is 0 Å². The number of ether oxygens (including phenoxy) is 1. The van der Waals surface area contributed by atoms with Gasteiger partial charge in [0.15, 0.2) is 0 Å². The molecule has 1 aromatic heterocycles. The number of benzene rings is 1. The number of carbonyl (C=O) groups excluding carboxylic acids is 2. The number of hydrogen-bond acceptors (Lipinski definition) is 6. The van der Waals surface area contributed by atoms with Crippen LogP contribution >= 0.6 is 0 Å². The molecule has 128 valence electrons. The van der Waals surface area contributed by atoms with Crippen LogP contribution in [0, 0.1) is 11.3 Å². The van der Waals surface area contributed by atoms with E-state index in [1.54, 1.807) is 49.6 Å². The number of hydrogen-bond donors (Lipinski definition) is 2. The number of carbonyl (C=O) groups is 2. The number of nitrogens with zero attached hydrogens (tertiary/aromatic N) is 1. The average molecular weight is 339 g/mol. The van der Waals surface area contributed by atoms with Gasteiger partial charge in [-0.05, 0) is 43.3 Å². The quantitative estimate of drug-likeness (QED) is 0.456. The van der Waals surface area contributed by atoms with Crippen LogP contribution in [-0.2, 0) is 16.1 Å². The lowest BCUT2D eigenvalue weighted by molar-refractivity contribution is -0.112. The Morgan fingerprint density at radius 3 is 2.64 bits per heavy atom. The molecular formula is C18H17N3O4. The number of esters is 1. The van der Waals surface area contributed by atoms with Gasteiger partial charge in [0, 0.05) is 11.9 Å². The van der Waals surface area contributed by atoms with Crippen LogP contribution in [0.1, 0.15) is 23.0 Å². The molecule has 0 fully saturated rings. The fourth-order valence-electron chi connectivity index (χ4n) is 1.92. The molecule has 0 aliphatic heterocycles. The van der Waals surface area contributed by atoms with Gasteiger partial charge in [-0.3, -0.25) is 4.79 Å². The largest absolute Gasteiger partial charge is 0.467 e. The van der Waals surface area contributed by atoms with Gasteiger partial charge in [0.25, 0.3) is 5.91 Å². The van der Waals surface area contributed by atoms with Gasteiger partial charge in [0.1, 0.15) is 17.4 Å². The average Bonchev–Trinajstić information content (AvgIpc) is 3.13. The van der Waals surface area contributed by atoms with E-state index in [2.05, 4.69) is 10.6 Å². The molecule has 2 rings (SSSR count). The second-order valence-corrected chi connectivity index (χ2v) is 4.88. The molecule has 7 heteroatoms. The minimum absolute atomic E-state index is 0.0824. The van der Waals surface area contributed by atoms with E-state index in [-0.39, 0.29) is 5.57 Å².